The first-order valence-corrected chi connectivity index (χ1v) is 11.6. The predicted octanol–water partition coefficient (Wildman–Crippen LogP) is 2.74. The minimum atomic E-state index is -3.63. The van der Waals surface area contributed by atoms with Gasteiger partial charge in [0.25, 0.3) is 5.91 Å². The lowest BCUT2D eigenvalue weighted by Gasteiger charge is -2.34. The van der Waals surface area contributed by atoms with E-state index in [1.807, 2.05) is 38.1 Å². The van der Waals surface area contributed by atoms with Crippen LogP contribution in [-0.4, -0.2) is 50.5 Å². The van der Waals surface area contributed by atoms with Crippen molar-refractivity contribution in [1.29, 1.82) is 0 Å². The third-order valence-electron chi connectivity index (χ3n) is 5.40. The topological polar surface area (TPSA) is 84.9 Å². The summed E-state index contributed by atoms with van der Waals surface area (Å²) >= 11 is 0. The highest BCUT2D eigenvalue weighted by Gasteiger charge is 2.32. The number of amides is 1. The van der Waals surface area contributed by atoms with E-state index < -0.39 is 10.0 Å². The van der Waals surface area contributed by atoms with Gasteiger partial charge in [-0.1, -0.05) is 18.2 Å². The highest BCUT2D eigenvalue weighted by atomic mass is 32.2. The summed E-state index contributed by atoms with van der Waals surface area (Å²) in [6.07, 6.45) is 0.370. The maximum atomic E-state index is 13.0. The number of carbonyl (C=O) groups is 1. The number of rotatable bonds is 4. The molecule has 2 heterocycles. The minimum absolute atomic E-state index is 0.137. The number of fused-ring (bicyclic) bond motifs is 1. The zero-order valence-corrected chi connectivity index (χ0v) is 17.9. The summed E-state index contributed by atoms with van der Waals surface area (Å²) in [6.45, 7) is 4.89. The maximum Gasteiger partial charge on any atom is 0.251 e. The molecule has 2 aromatic carbocycles. The molecule has 2 aliphatic heterocycles. The Kier molecular flexibility index (Phi) is 5.81. The highest BCUT2D eigenvalue weighted by molar-refractivity contribution is 7.89. The normalized spacial score (nSPS) is 24.5. The fourth-order valence-corrected chi connectivity index (χ4v) is 5.58. The molecule has 0 aromatic heterocycles. The van der Waals surface area contributed by atoms with E-state index in [9.17, 15) is 13.2 Å². The molecule has 0 spiro atoms. The van der Waals surface area contributed by atoms with Crippen molar-refractivity contribution in [3.63, 3.8) is 0 Å². The van der Waals surface area contributed by atoms with Gasteiger partial charge in [0.15, 0.2) is 0 Å². The van der Waals surface area contributed by atoms with E-state index in [1.54, 1.807) is 12.1 Å². The molecule has 1 amide bonds. The molecule has 0 radical (unpaired) electrons. The maximum absolute atomic E-state index is 13.0. The van der Waals surface area contributed by atoms with Gasteiger partial charge in [0.05, 0.1) is 29.8 Å². The molecule has 7 nitrogen and oxygen atoms in total. The standard InChI is InChI=1S/C22H26N2O5S/c1-15-13-24(14-16(2)29-15)30(26,27)18-9-7-17(8-10-18)22(25)23-20-11-12-28-21-6-4-3-5-19(20)21/h3-10,15-16,20H,11-14H2,1-2H3,(H,23,25). The molecule has 2 aliphatic rings. The molecule has 2 aromatic rings. The average molecular weight is 431 g/mol. The number of hydrogen-bond acceptors (Lipinski definition) is 5. The van der Waals surface area contributed by atoms with Crippen molar-refractivity contribution < 1.29 is 22.7 Å². The van der Waals surface area contributed by atoms with Gasteiger partial charge in [-0.15, -0.1) is 0 Å². The Morgan fingerprint density at radius 2 is 1.70 bits per heavy atom. The number of hydrogen-bond donors (Lipinski definition) is 1. The fourth-order valence-electron chi connectivity index (χ4n) is 3.99. The van der Waals surface area contributed by atoms with E-state index in [4.69, 9.17) is 9.47 Å². The first-order valence-electron chi connectivity index (χ1n) is 10.1. The fraction of sp³-hybridized carbons (Fsp3) is 0.409. The van der Waals surface area contributed by atoms with Gasteiger partial charge in [0, 0.05) is 30.6 Å². The number of ether oxygens (including phenoxy) is 2. The molecule has 4 rings (SSSR count). The second kappa shape index (κ2) is 8.37. The lowest BCUT2D eigenvalue weighted by Crippen LogP contribution is -2.48. The van der Waals surface area contributed by atoms with Crippen LogP contribution in [-0.2, 0) is 14.8 Å². The summed E-state index contributed by atoms with van der Waals surface area (Å²) in [7, 11) is -3.63. The second-order valence-electron chi connectivity index (χ2n) is 7.80. The van der Waals surface area contributed by atoms with Crippen LogP contribution in [0, 0.1) is 0 Å². The predicted molar refractivity (Wildman–Crippen MR) is 112 cm³/mol. The van der Waals surface area contributed by atoms with Crippen molar-refractivity contribution in [2.24, 2.45) is 0 Å². The quantitative estimate of drug-likeness (QED) is 0.806. The third kappa shape index (κ3) is 4.21. The molecule has 0 bridgehead atoms. The van der Waals surface area contributed by atoms with Crippen LogP contribution in [0.25, 0.3) is 0 Å². The minimum Gasteiger partial charge on any atom is -0.493 e. The van der Waals surface area contributed by atoms with Gasteiger partial charge in [-0.2, -0.15) is 4.31 Å². The monoisotopic (exact) mass is 430 g/mol. The molecule has 1 fully saturated rings. The van der Waals surface area contributed by atoms with E-state index in [2.05, 4.69) is 5.32 Å². The number of carbonyl (C=O) groups excluding carboxylic acids is 1. The zero-order chi connectivity index (χ0) is 21.3. The lowest BCUT2D eigenvalue weighted by molar-refractivity contribution is -0.0440. The van der Waals surface area contributed by atoms with Gasteiger partial charge in [0.1, 0.15) is 5.75 Å². The van der Waals surface area contributed by atoms with Crippen LogP contribution in [0.2, 0.25) is 0 Å². The number of sulfonamides is 1. The summed E-state index contributed by atoms with van der Waals surface area (Å²) in [5.74, 6) is 0.540. The molecule has 8 heteroatoms. The number of para-hydroxylation sites is 1. The first kappa shape index (κ1) is 20.8. The summed E-state index contributed by atoms with van der Waals surface area (Å²) in [5.41, 5.74) is 1.37. The summed E-state index contributed by atoms with van der Waals surface area (Å²) in [4.78, 5) is 12.9. The summed E-state index contributed by atoms with van der Waals surface area (Å²) < 4.78 is 38.6. The molecule has 0 saturated carbocycles. The van der Waals surface area contributed by atoms with Crippen LogP contribution in [0.4, 0.5) is 0 Å². The number of morpholine rings is 1. The van der Waals surface area contributed by atoms with Gasteiger partial charge in [-0.25, -0.2) is 8.42 Å². The van der Waals surface area contributed by atoms with Crippen molar-refractivity contribution in [1.82, 2.24) is 9.62 Å². The Morgan fingerprint density at radius 1 is 1.03 bits per heavy atom. The molecule has 160 valence electrons. The molecule has 1 N–H and O–H groups in total. The van der Waals surface area contributed by atoms with Gasteiger partial charge in [-0.05, 0) is 44.2 Å². The van der Waals surface area contributed by atoms with Crippen molar-refractivity contribution in [2.75, 3.05) is 19.7 Å². The van der Waals surface area contributed by atoms with Gasteiger partial charge in [-0.3, -0.25) is 4.79 Å². The number of nitrogens with zero attached hydrogens (tertiary/aromatic N) is 1. The Bertz CT molecular complexity index is 1010. The van der Waals surface area contributed by atoms with Gasteiger partial charge in [0.2, 0.25) is 10.0 Å². The Hall–Kier alpha value is -2.42. The van der Waals surface area contributed by atoms with Crippen LogP contribution in [0.1, 0.15) is 42.2 Å². The molecule has 3 atom stereocenters. The molecule has 0 aliphatic carbocycles. The number of benzene rings is 2. The van der Waals surface area contributed by atoms with Crippen LogP contribution in [0.15, 0.2) is 53.4 Å². The molecule has 1 saturated heterocycles. The first-order chi connectivity index (χ1) is 14.3. The number of nitrogens with one attached hydrogen (secondary N) is 1. The lowest BCUT2D eigenvalue weighted by atomic mass is 10.00. The van der Waals surface area contributed by atoms with Gasteiger partial charge >= 0.3 is 0 Å². The molecule has 30 heavy (non-hydrogen) atoms. The average Bonchev–Trinajstić information content (AvgIpc) is 2.73. The third-order valence-corrected chi connectivity index (χ3v) is 7.25. The summed E-state index contributed by atoms with van der Waals surface area (Å²) in [5, 5.41) is 3.03. The Balaban J connectivity index is 1.48. The Labute approximate surface area is 177 Å². The van der Waals surface area contributed by atoms with E-state index in [0.29, 0.717) is 31.7 Å². The van der Waals surface area contributed by atoms with E-state index in [0.717, 1.165) is 11.3 Å². The SMILES string of the molecule is CC1CN(S(=O)(=O)c2ccc(C(=O)NC3CCOc4ccccc43)cc2)CC(C)O1. The second-order valence-corrected chi connectivity index (χ2v) is 9.74. The van der Waals surface area contributed by atoms with E-state index in [1.165, 1.54) is 16.4 Å². The van der Waals surface area contributed by atoms with Crippen molar-refractivity contribution in [3.8, 4) is 5.75 Å². The molecular weight excluding hydrogens is 404 g/mol. The molecular formula is C22H26N2O5S. The van der Waals surface area contributed by atoms with Gasteiger partial charge < -0.3 is 14.8 Å². The van der Waals surface area contributed by atoms with Crippen molar-refractivity contribution in [3.05, 3.63) is 59.7 Å². The highest BCUT2D eigenvalue weighted by Crippen LogP contribution is 2.31. The van der Waals surface area contributed by atoms with Crippen molar-refractivity contribution in [2.45, 2.75) is 43.4 Å². The van der Waals surface area contributed by atoms with E-state index >= 15 is 0 Å². The smallest absolute Gasteiger partial charge is 0.251 e. The van der Waals surface area contributed by atoms with Crippen LogP contribution < -0.4 is 10.1 Å². The van der Waals surface area contributed by atoms with Crippen LogP contribution in [0.5, 0.6) is 5.75 Å². The van der Waals surface area contributed by atoms with Crippen molar-refractivity contribution >= 4 is 15.9 Å². The Morgan fingerprint density at radius 3 is 2.40 bits per heavy atom. The van der Waals surface area contributed by atoms with Crippen LogP contribution in [0.3, 0.4) is 0 Å². The largest absolute Gasteiger partial charge is 0.493 e. The van der Waals surface area contributed by atoms with E-state index in [-0.39, 0.29) is 29.1 Å². The van der Waals surface area contributed by atoms with Crippen LogP contribution >= 0.6 is 0 Å². The zero-order valence-electron chi connectivity index (χ0n) is 17.1. The molecule has 3 unspecified atom stereocenters. The summed E-state index contributed by atoms with van der Waals surface area (Å²) in [6, 6.07) is 13.6.